The number of hydrogen-bond donors (Lipinski definition) is 3. The molecule has 0 fully saturated rings. The molecule has 7 heteroatoms. The maximum Gasteiger partial charge on any atom is 0.277 e. The van der Waals surface area contributed by atoms with Crippen molar-refractivity contribution in [1.82, 2.24) is 10.2 Å². The predicted molar refractivity (Wildman–Crippen MR) is 102 cm³/mol. The first-order chi connectivity index (χ1) is 12.3. The molecule has 0 aliphatic rings. The second-order valence-corrected chi connectivity index (χ2v) is 6.47. The monoisotopic (exact) mass is 363 g/mol. The minimum absolute atomic E-state index is 0.0214. The molecule has 0 saturated carbocycles. The van der Waals surface area contributed by atoms with Gasteiger partial charge in [0.2, 0.25) is 5.91 Å². The molecule has 26 heavy (non-hydrogen) atoms. The fourth-order valence-corrected chi connectivity index (χ4v) is 2.72. The number of rotatable bonds is 9. The van der Waals surface area contributed by atoms with Gasteiger partial charge < -0.3 is 20.4 Å². The van der Waals surface area contributed by atoms with E-state index in [1.54, 1.807) is 11.9 Å². The molecule has 0 aliphatic carbocycles. The highest BCUT2D eigenvalue weighted by Crippen LogP contribution is 2.18. The van der Waals surface area contributed by atoms with E-state index in [9.17, 15) is 14.4 Å². The Balaban J connectivity index is 2.41. The van der Waals surface area contributed by atoms with Crippen LogP contribution in [0.15, 0.2) is 18.2 Å². The van der Waals surface area contributed by atoms with Crippen LogP contribution in [0.1, 0.15) is 25.0 Å². The third kappa shape index (κ3) is 6.84. The summed E-state index contributed by atoms with van der Waals surface area (Å²) in [5.41, 5.74) is 2.73. The first-order valence-electron chi connectivity index (χ1n) is 9.00. The van der Waals surface area contributed by atoms with E-state index in [1.165, 1.54) is 0 Å². The topological polar surface area (TPSA) is 83.0 Å². The van der Waals surface area contributed by atoms with Gasteiger partial charge in [0.05, 0.1) is 13.6 Å². The van der Waals surface area contributed by atoms with Crippen LogP contribution in [-0.2, 0) is 14.4 Å². The summed E-state index contributed by atoms with van der Waals surface area (Å²) in [6.45, 7) is 9.33. The van der Waals surface area contributed by atoms with E-state index < -0.39 is 0 Å². The highest BCUT2D eigenvalue weighted by atomic mass is 16.2. The van der Waals surface area contributed by atoms with E-state index in [4.69, 9.17) is 0 Å². The molecule has 0 saturated heterocycles. The van der Waals surface area contributed by atoms with E-state index >= 15 is 0 Å². The van der Waals surface area contributed by atoms with E-state index in [2.05, 4.69) is 10.6 Å². The Kier molecular flexibility index (Phi) is 8.78. The molecule has 1 aromatic carbocycles. The lowest BCUT2D eigenvalue weighted by Crippen LogP contribution is -3.11. The number of aryl methyl sites for hydroxylation is 2. The lowest BCUT2D eigenvalue weighted by molar-refractivity contribution is -0.863. The molecule has 0 aliphatic heterocycles. The van der Waals surface area contributed by atoms with Gasteiger partial charge >= 0.3 is 0 Å². The highest BCUT2D eigenvalue weighted by Gasteiger charge is 2.18. The molecular formula is C19H31N4O3+. The van der Waals surface area contributed by atoms with E-state index in [0.29, 0.717) is 13.1 Å². The minimum Gasteiger partial charge on any atom is -0.342 e. The Hall–Kier alpha value is -2.41. The highest BCUT2D eigenvalue weighted by molar-refractivity contribution is 5.95. The number of carbonyl (C=O) groups excluding carboxylic acids is 3. The second kappa shape index (κ2) is 10.6. The quantitative estimate of drug-likeness (QED) is 0.565. The Morgan fingerprint density at radius 1 is 1.00 bits per heavy atom. The molecule has 1 atom stereocenters. The molecule has 7 nitrogen and oxygen atoms in total. The molecule has 0 aromatic heterocycles. The molecular weight excluding hydrogens is 332 g/mol. The Labute approximate surface area is 155 Å². The summed E-state index contributed by atoms with van der Waals surface area (Å²) >= 11 is 0. The van der Waals surface area contributed by atoms with Crippen molar-refractivity contribution in [3.05, 3.63) is 29.3 Å². The molecule has 3 amide bonds. The third-order valence-electron chi connectivity index (χ3n) is 4.22. The molecule has 1 aromatic rings. The van der Waals surface area contributed by atoms with Crippen LogP contribution in [0.5, 0.6) is 0 Å². The smallest absolute Gasteiger partial charge is 0.277 e. The fourth-order valence-electron chi connectivity index (χ4n) is 2.72. The number of nitrogens with zero attached hydrogens (tertiary/aromatic N) is 1. The van der Waals surface area contributed by atoms with Gasteiger partial charge in [0.1, 0.15) is 0 Å². The van der Waals surface area contributed by atoms with Crippen LogP contribution < -0.4 is 15.5 Å². The largest absolute Gasteiger partial charge is 0.342 e. The average Bonchev–Trinajstić information content (AvgIpc) is 2.57. The van der Waals surface area contributed by atoms with E-state index in [1.807, 2.05) is 45.9 Å². The van der Waals surface area contributed by atoms with Crippen molar-refractivity contribution >= 4 is 23.4 Å². The zero-order chi connectivity index (χ0) is 19.7. The molecule has 0 bridgehead atoms. The number of benzene rings is 1. The average molecular weight is 363 g/mol. The Morgan fingerprint density at radius 3 is 2.12 bits per heavy atom. The van der Waals surface area contributed by atoms with Gasteiger partial charge in [-0.05, 0) is 38.8 Å². The number of amides is 3. The molecule has 0 spiro atoms. The summed E-state index contributed by atoms with van der Waals surface area (Å²) in [5, 5.41) is 5.43. The van der Waals surface area contributed by atoms with Crippen molar-refractivity contribution in [1.29, 1.82) is 0 Å². The van der Waals surface area contributed by atoms with Crippen molar-refractivity contribution < 1.29 is 19.3 Å². The van der Waals surface area contributed by atoms with Crippen molar-refractivity contribution in [2.75, 3.05) is 45.1 Å². The summed E-state index contributed by atoms with van der Waals surface area (Å²) in [6.07, 6.45) is 0. The van der Waals surface area contributed by atoms with E-state index in [-0.39, 0.29) is 37.4 Å². The van der Waals surface area contributed by atoms with Gasteiger partial charge in [-0.3, -0.25) is 14.4 Å². The van der Waals surface area contributed by atoms with Crippen LogP contribution in [0.4, 0.5) is 5.69 Å². The lowest BCUT2D eigenvalue weighted by atomic mass is 10.1. The standard InChI is InChI=1S/C19H30N4O3/c1-6-23(7-2)18(26)13-22(5)12-17(25)20-11-16(24)21-19-14(3)9-8-10-15(19)4/h8-10H,6-7,11-13H2,1-5H3,(H,20,25)(H,21,24)/p+1. The summed E-state index contributed by atoms with van der Waals surface area (Å²) in [5.74, 6) is -0.507. The Morgan fingerprint density at radius 2 is 1.58 bits per heavy atom. The molecule has 0 radical (unpaired) electrons. The molecule has 3 N–H and O–H groups in total. The van der Waals surface area contributed by atoms with Crippen LogP contribution >= 0.6 is 0 Å². The number of nitrogens with one attached hydrogen (secondary N) is 3. The zero-order valence-corrected chi connectivity index (χ0v) is 16.4. The van der Waals surface area contributed by atoms with Crippen molar-refractivity contribution in [3.8, 4) is 0 Å². The van der Waals surface area contributed by atoms with Gasteiger partial charge in [0.15, 0.2) is 13.1 Å². The van der Waals surface area contributed by atoms with E-state index in [0.717, 1.165) is 21.7 Å². The fraction of sp³-hybridized carbons (Fsp3) is 0.526. The van der Waals surface area contributed by atoms with Gasteiger partial charge in [-0.15, -0.1) is 0 Å². The minimum atomic E-state index is -0.271. The van der Waals surface area contributed by atoms with Crippen LogP contribution in [0.25, 0.3) is 0 Å². The summed E-state index contributed by atoms with van der Waals surface area (Å²) in [7, 11) is 1.79. The first kappa shape index (κ1) is 21.6. The van der Waals surface area contributed by atoms with Crippen molar-refractivity contribution in [3.63, 3.8) is 0 Å². The second-order valence-electron chi connectivity index (χ2n) is 6.47. The van der Waals surface area contributed by atoms with Gasteiger partial charge in [-0.1, -0.05) is 18.2 Å². The van der Waals surface area contributed by atoms with Crippen LogP contribution in [0.3, 0.4) is 0 Å². The molecule has 144 valence electrons. The van der Waals surface area contributed by atoms with Crippen LogP contribution in [0.2, 0.25) is 0 Å². The normalized spacial score (nSPS) is 11.6. The molecule has 1 unspecified atom stereocenters. The maximum atomic E-state index is 12.1. The molecule has 0 heterocycles. The first-order valence-corrected chi connectivity index (χ1v) is 9.00. The predicted octanol–water partition coefficient (Wildman–Crippen LogP) is -0.259. The number of hydrogen-bond acceptors (Lipinski definition) is 3. The maximum absolute atomic E-state index is 12.1. The summed E-state index contributed by atoms with van der Waals surface area (Å²) < 4.78 is 0. The Bertz CT molecular complexity index is 621. The number of likely N-dealkylation sites (N-methyl/N-ethyl adjacent to an activating group) is 2. The van der Waals surface area contributed by atoms with Gasteiger partial charge in [-0.2, -0.15) is 0 Å². The van der Waals surface area contributed by atoms with Crippen molar-refractivity contribution in [2.45, 2.75) is 27.7 Å². The zero-order valence-electron chi connectivity index (χ0n) is 16.4. The number of para-hydroxylation sites is 1. The number of carbonyl (C=O) groups is 3. The van der Waals surface area contributed by atoms with Gasteiger partial charge in [-0.25, -0.2) is 0 Å². The van der Waals surface area contributed by atoms with Crippen LogP contribution in [0, 0.1) is 13.8 Å². The SMILES string of the molecule is CCN(CC)C(=O)C[NH+](C)CC(=O)NCC(=O)Nc1c(C)cccc1C. The van der Waals surface area contributed by atoms with Crippen molar-refractivity contribution in [2.24, 2.45) is 0 Å². The summed E-state index contributed by atoms with van der Waals surface area (Å²) in [4.78, 5) is 38.6. The lowest BCUT2D eigenvalue weighted by Gasteiger charge is -2.20. The molecule has 1 rings (SSSR count). The van der Waals surface area contributed by atoms with Gasteiger partial charge in [0, 0.05) is 18.8 Å². The number of anilines is 1. The van der Waals surface area contributed by atoms with Crippen LogP contribution in [-0.4, -0.2) is 62.4 Å². The summed E-state index contributed by atoms with van der Waals surface area (Å²) in [6, 6.07) is 5.78. The van der Waals surface area contributed by atoms with Gasteiger partial charge in [0.25, 0.3) is 11.8 Å². The number of quaternary nitrogens is 1. The third-order valence-corrected chi connectivity index (χ3v) is 4.22.